The van der Waals surface area contributed by atoms with Crippen LogP contribution in [0.25, 0.3) is 0 Å². The number of carbonyl (C=O) groups excluding carboxylic acids is 1. The normalized spacial score (nSPS) is 16.3. The Morgan fingerprint density at radius 3 is 2.67 bits per heavy atom. The van der Waals surface area contributed by atoms with Gasteiger partial charge in [-0.1, -0.05) is 18.2 Å². The van der Waals surface area contributed by atoms with Crippen LogP contribution >= 0.6 is 11.8 Å². The fourth-order valence-corrected chi connectivity index (χ4v) is 2.48. The fourth-order valence-electron chi connectivity index (χ4n) is 1.48. The van der Waals surface area contributed by atoms with Gasteiger partial charge in [-0.15, -0.1) is 17.2 Å². The highest BCUT2D eigenvalue weighted by atomic mass is 32.2. The number of halogens is 3. The second kappa shape index (κ2) is 3.59. The molecule has 0 aromatic heterocycles. The number of benzene rings is 1. The van der Waals surface area contributed by atoms with E-state index in [4.69, 9.17) is 0 Å². The number of carbonyl (C=O) groups is 1. The molecule has 0 N–H and O–H groups in total. The molecule has 0 saturated heterocycles. The Hall–Kier alpha value is -0.905. The van der Waals surface area contributed by atoms with Crippen molar-refractivity contribution in [3.63, 3.8) is 0 Å². The molecule has 0 bridgehead atoms. The first-order chi connectivity index (χ1) is 6.98. The van der Waals surface area contributed by atoms with Crippen LogP contribution in [0.2, 0.25) is 0 Å². The van der Waals surface area contributed by atoms with Gasteiger partial charge in [-0.2, -0.15) is 0 Å². The zero-order valence-electron chi connectivity index (χ0n) is 7.67. The third kappa shape index (κ3) is 2.04. The van der Waals surface area contributed by atoms with Crippen molar-refractivity contribution in [2.75, 3.05) is 5.75 Å². The van der Waals surface area contributed by atoms with Gasteiger partial charge in [0.2, 0.25) is 0 Å². The third-order valence-electron chi connectivity index (χ3n) is 2.27. The molecule has 15 heavy (non-hydrogen) atoms. The molecule has 2 rings (SSSR count). The van der Waals surface area contributed by atoms with E-state index in [2.05, 4.69) is 0 Å². The van der Waals surface area contributed by atoms with Crippen LogP contribution in [0.4, 0.5) is 12.9 Å². The molecule has 0 amide bonds. The number of Topliss-reactive ketones (excluding diaryl/α,β-unsaturated/α-hetero) is 1. The molecular weight excluding hydrogens is 224 g/mol. The minimum atomic E-state index is -5.01. The number of ketones is 1. The van der Waals surface area contributed by atoms with Crippen molar-refractivity contribution in [2.45, 2.75) is 11.3 Å². The average molecular weight is 231 g/mol. The van der Waals surface area contributed by atoms with Crippen molar-refractivity contribution in [2.24, 2.45) is 0 Å². The summed E-state index contributed by atoms with van der Waals surface area (Å²) in [6.07, 6.45) is 0.325. The van der Waals surface area contributed by atoms with Crippen molar-refractivity contribution in [3.05, 3.63) is 23.8 Å². The quantitative estimate of drug-likeness (QED) is 0.690. The van der Waals surface area contributed by atoms with Crippen LogP contribution < -0.4 is 5.46 Å². The van der Waals surface area contributed by atoms with E-state index in [1.165, 1.54) is 17.8 Å². The Labute approximate surface area is 89.1 Å². The maximum Gasteiger partial charge on any atom is 0.509 e. The van der Waals surface area contributed by atoms with E-state index in [1.54, 1.807) is 0 Å². The number of fused-ring (bicyclic) bond motifs is 1. The lowest BCUT2D eigenvalue weighted by Gasteiger charge is -2.19. The molecule has 0 saturated carbocycles. The summed E-state index contributed by atoms with van der Waals surface area (Å²) in [5.74, 6) is 0.466. The van der Waals surface area contributed by atoms with Crippen LogP contribution in [0.3, 0.4) is 0 Å². The standard InChI is InChI=1S/C9H7BF3OS/c11-10(12,13)6-1-2-9-7(5-6)8(14)3-4-15-9/h1-2,5H,3-4H2/q-1. The molecule has 0 atom stereocenters. The van der Waals surface area contributed by atoms with E-state index in [1.807, 2.05) is 0 Å². The first-order valence-corrected chi connectivity index (χ1v) is 5.47. The molecule has 0 spiro atoms. The summed E-state index contributed by atoms with van der Waals surface area (Å²) in [4.78, 5) is 12.1. The van der Waals surface area contributed by atoms with E-state index >= 15 is 0 Å². The summed E-state index contributed by atoms with van der Waals surface area (Å²) in [6, 6.07) is 3.41. The van der Waals surface area contributed by atoms with Gasteiger partial charge in [0.25, 0.3) is 0 Å². The monoisotopic (exact) mass is 231 g/mol. The summed E-state index contributed by atoms with van der Waals surface area (Å²) in [5.41, 5.74) is -0.465. The highest BCUT2D eigenvalue weighted by Crippen LogP contribution is 2.29. The first-order valence-electron chi connectivity index (χ1n) is 4.48. The second-order valence-electron chi connectivity index (χ2n) is 3.35. The van der Waals surface area contributed by atoms with Crippen LogP contribution in [-0.2, 0) is 0 Å². The Morgan fingerprint density at radius 2 is 2.00 bits per heavy atom. The molecule has 1 nitrogen and oxygen atoms in total. The summed E-state index contributed by atoms with van der Waals surface area (Å²) in [7, 11) is 0. The maximum atomic E-state index is 12.4. The van der Waals surface area contributed by atoms with E-state index in [9.17, 15) is 17.7 Å². The molecule has 1 aliphatic rings. The summed E-state index contributed by atoms with van der Waals surface area (Å²) >= 11 is 1.43. The molecule has 0 radical (unpaired) electrons. The minimum Gasteiger partial charge on any atom is -0.445 e. The van der Waals surface area contributed by atoms with Gasteiger partial charge < -0.3 is 12.9 Å². The highest BCUT2D eigenvalue weighted by Gasteiger charge is 2.28. The molecule has 0 unspecified atom stereocenters. The molecule has 1 aromatic rings. The Morgan fingerprint density at radius 1 is 1.27 bits per heavy atom. The third-order valence-corrected chi connectivity index (χ3v) is 3.34. The average Bonchev–Trinajstić information content (AvgIpc) is 2.16. The van der Waals surface area contributed by atoms with E-state index in [0.717, 1.165) is 12.1 Å². The number of hydrogen-bond donors (Lipinski definition) is 0. The first kappa shape index (κ1) is 10.6. The largest absolute Gasteiger partial charge is 0.509 e. The van der Waals surface area contributed by atoms with Gasteiger partial charge in [-0.05, 0) is 0 Å². The molecule has 1 aromatic carbocycles. The van der Waals surface area contributed by atoms with E-state index in [0.29, 0.717) is 17.1 Å². The predicted octanol–water partition coefficient (Wildman–Crippen LogP) is 2.42. The Kier molecular flexibility index (Phi) is 2.54. The lowest BCUT2D eigenvalue weighted by Crippen LogP contribution is -2.34. The highest BCUT2D eigenvalue weighted by molar-refractivity contribution is 7.99. The SMILES string of the molecule is O=C1CCSc2ccc([B-](F)(F)F)cc21. The van der Waals surface area contributed by atoms with Gasteiger partial charge in [0, 0.05) is 22.6 Å². The van der Waals surface area contributed by atoms with Crippen LogP contribution in [0, 0.1) is 0 Å². The number of rotatable bonds is 1. The van der Waals surface area contributed by atoms with Gasteiger partial charge in [0.15, 0.2) is 5.78 Å². The zero-order valence-corrected chi connectivity index (χ0v) is 8.49. The van der Waals surface area contributed by atoms with E-state index < -0.39 is 12.4 Å². The molecule has 1 aliphatic heterocycles. The number of thioether (sulfide) groups is 1. The van der Waals surface area contributed by atoms with Crippen molar-refractivity contribution < 1.29 is 17.7 Å². The topological polar surface area (TPSA) is 17.1 Å². The molecule has 0 aliphatic carbocycles. The number of hydrogen-bond acceptors (Lipinski definition) is 2. The summed E-state index contributed by atoms with van der Waals surface area (Å²) in [5, 5.41) is 0. The molecule has 1 heterocycles. The zero-order chi connectivity index (χ0) is 11.1. The lowest BCUT2D eigenvalue weighted by molar-refractivity contribution is 0.0985. The fraction of sp³-hybridized carbons (Fsp3) is 0.222. The van der Waals surface area contributed by atoms with Crippen LogP contribution in [-0.4, -0.2) is 18.5 Å². The summed E-state index contributed by atoms with van der Waals surface area (Å²) in [6.45, 7) is -5.01. The maximum absolute atomic E-state index is 12.4. The van der Waals surface area contributed by atoms with Crippen molar-refractivity contribution >= 4 is 30.0 Å². The smallest absolute Gasteiger partial charge is 0.445 e. The van der Waals surface area contributed by atoms with E-state index in [-0.39, 0.29) is 11.3 Å². The Bertz CT molecular complexity index is 416. The molecule has 80 valence electrons. The molecular formula is C9H7BF3OS-. The van der Waals surface area contributed by atoms with Gasteiger partial charge >= 0.3 is 6.98 Å². The summed E-state index contributed by atoms with van der Waals surface area (Å²) < 4.78 is 37.3. The molecule has 6 heteroatoms. The van der Waals surface area contributed by atoms with Crippen LogP contribution in [0.5, 0.6) is 0 Å². The van der Waals surface area contributed by atoms with Gasteiger partial charge in [0.1, 0.15) is 0 Å². The van der Waals surface area contributed by atoms with Gasteiger partial charge in [-0.3, -0.25) is 4.79 Å². The predicted molar refractivity (Wildman–Crippen MR) is 54.8 cm³/mol. The second-order valence-corrected chi connectivity index (χ2v) is 4.49. The Balaban J connectivity index is 2.49. The van der Waals surface area contributed by atoms with Gasteiger partial charge in [0.05, 0.1) is 0 Å². The van der Waals surface area contributed by atoms with Crippen molar-refractivity contribution in [1.82, 2.24) is 0 Å². The van der Waals surface area contributed by atoms with Crippen molar-refractivity contribution in [3.8, 4) is 0 Å². The van der Waals surface area contributed by atoms with Crippen LogP contribution in [0.15, 0.2) is 23.1 Å². The van der Waals surface area contributed by atoms with Gasteiger partial charge in [-0.25, -0.2) is 0 Å². The van der Waals surface area contributed by atoms with Crippen LogP contribution in [0.1, 0.15) is 16.8 Å². The van der Waals surface area contributed by atoms with Crippen molar-refractivity contribution in [1.29, 1.82) is 0 Å². The lowest BCUT2D eigenvalue weighted by atomic mass is 9.79. The minimum absolute atomic E-state index is 0.189. The molecule has 0 fully saturated rings.